The van der Waals surface area contributed by atoms with Gasteiger partial charge in [0.05, 0.1) is 26.7 Å². The predicted octanol–water partition coefficient (Wildman–Crippen LogP) is -0.505. The maximum Gasteiger partial charge on any atom is 0.131 e. The molecule has 0 radical (unpaired) electrons. The Balaban J connectivity index is 2.88. The Hall–Kier alpha value is -1.75. The maximum absolute atomic E-state index is 10.9. The number of carbonyl (C=O) groups is 1. The van der Waals surface area contributed by atoms with Gasteiger partial charge < -0.3 is 24.3 Å². The number of benzene rings is 1. The standard InChI is InChI=1S/C15H23NO4/c1-11(2)8-16(10-15(17)18)9-12-5-6-13(19-3)7-14(12)20-4/h5-7,11H,8-10H2,1-4H3,(H,17,18). The average Bonchev–Trinajstić information content (AvgIpc) is 2.37. The van der Waals surface area contributed by atoms with E-state index >= 15 is 0 Å². The predicted molar refractivity (Wildman–Crippen MR) is 73.8 cm³/mol. The van der Waals surface area contributed by atoms with Crippen molar-refractivity contribution < 1.29 is 24.3 Å². The molecule has 5 heteroatoms. The Labute approximate surface area is 120 Å². The lowest BCUT2D eigenvalue weighted by Crippen LogP contribution is -3.12. The fourth-order valence-electron chi connectivity index (χ4n) is 2.26. The first kappa shape index (κ1) is 16.3. The molecule has 0 aliphatic rings. The zero-order chi connectivity index (χ0) is 15.1. The summed E-state index contributed by atoms with van der Waals surface area (Å²) in [5.41, 5.74) is 0.963. The highest BCUT2D eigenvalue weighted by molar-refractivity contribution is 5.65. The van der Waals surface area contributed by atoms with Crippen LogP contribution in [-0.4, -0.2) is 33.3 Å². The third kappa shape index (κ3) is 5.09. The molecular formula is C15H23NO4. The van der Waals surface area contributed by atoms with Crippen LogP contribution in [-0.2, 0) is 11.3 Å². The van der Waals surface area contributed by atoms with Crippen molar-refractivity contribution in [3.63, 3.8) is 0 Å². The zero-order valence-corrected chi connectivity index (χ0v) is 12.6. The molecule has 0 spiro atoms. The van der Waals surface area contributed by atoms with Gasteiger partial charge in [-0.3, -0.25) is 0 Å². The van der Waals surface area contributed by atoms with E-state index in [1.807, 2.05) is 12.1 Å². The fourth-order valence-corrected chi connectivity index (χ4v) is 2.26. The second kappa shape index (κ2) is 7.75. The van der Waals surface area contributed by atoms with E-state index in [9.17, 15) is 9.90 Å². The van der Waals surface area contributed by atoms with Crippen molar-refractivity contribution in [2.75, 3.05) is 27.3 Å². The molecule has 1 atom stereocenters. The van der Waals surface area contributed by atoms with Gasteiger partial charge in [0.15, 0.2) is 0 Å². The number of methoxy groups -OCH3 is 2. The monoisotopic (exact) mass is 281 g/mol. The van der Waals surface area contributed by atoms with Crippen LogP contribution in [0.15, 0.2) is 18.2 Å². The number of hydrogen-bond donors (Lipinski definition) is 1. The van der Waals surface area contributed by atoms with E-state index in [-0.39, 0.29) is 6.54 Å². The van der Waals surface area contributed by atoms with E-state index in [1.165, 1.54) is 0 Å². The molecule has 0 saturated carbocycles. The fraction of sp³-hybridized carbons (Fsp3) is 0.533. The van der Waals surface area contributed by atoms with E-state index in [2.05, 4.69) is 13.8 Å². The molecule has 0 aliphatic carbocycles. The van der Waals surface area contributed by atoms with Crippen molar-refractivity contribution in [3.8, 4) is 11.5 Å². The van der Waals surface area contributed by atoms with Gasteiger partial charge in [0.2, 0.25) is 0 Å². The summed E-state index contributed by atoms with van der Waals surface area (Å²) in [6.07, 6.45) is 0. The zero-order valence-electron chi connectivity index (χ0n) is 12.6. The number of carbonyl (C=O) groups excluding carboxylic acids is 1. The Morgan fingerprint density at radius 3 is 2.50 bits per heavy atom. The van der Waals surface area contributed by atoms with Crippen molar-refractivity contribution in [1.82, 2.24) is 0 Å². The molecule has 1 aromatic rings. The molecule has 1 rings (SSSR count). The summed E-state index contributed by atoms with van der Waals surface area (Å²) in [5, 5.41) is 10.9. The summed E-state index contributed by atoms with van der Waals surface area (Å²) in [6.45, 7) is 5.48. The van der Waals surface area contributed by atoms with Crippen molar-refractivity contribution in [3.05, 3.63) is 23.8 Å². The summed E-state index contributed by atoms with van der Waals surface area (Å²) >= 11 is 0. The van der Waals surface area contributed by atoms with Crippen molar-refractivity contribution >= 4 is 5.97 Å². The molecule has 0 heterocycles. The van der Waals surface area contributed by atoms with E-state index < -0.39 is 5.97 Å². The van der Waals surface area contributed by atoms with Crippen LogP contribution in [0.3, 0.4) is 0 Å². The minimum Gasteiger partial charge on any atom is -0.544 e. The largest absolute Gasteiger partial charge is 0.544 e. The SMILES string of the molecule is COc1ccc(C[NH+](CC(=O)[O-])CC(C)C)c(OC)c1. The van der Waals surface area contributed by atoms with Gasteiger partial charge in [0.25, 0.3) is 0 Å². The van der Waals surface area contributed by atoms with Gasteiger partial charge in [-0.15, -0.1) is 0 Å². The Morgan fingerprint density at radius 1 is 1.30 bits per heavy atom. The number of carboxylic acid groups (broad SMARTS) is 1. The molecule has 112 valence electrons. The molecule has 1 N–H and O–H groups in total. The van der Waals surface area contributed by atoms with Gasteiger partial charge in [-0.05, 0) is 12.1 Å². The lowest BCUT2D eigenvalue weighted by molar-refractivity contribution is -0.911. The lowest BCUT2D eigenvalue weighted by Gasteiger charge is -2.22. The number of hydrogen-bond acceptors (Lipinski definition) is 4. The van der Waals surface area contributed by atoms with Gasteiger partial charge >= 0.3 is 0 Å². The van der Waals surface area contributed by atoms with Gasteiger partial charge in [0, 0.05) is 17.5 Å². The molecule has 0 fully saturated rings. The highest BCUT2D eigenvalue weighted by Crippen LogP contribution is 2.23. The molecule has 5 nitrogen and oxygen atoms in total. The number of ether oxygens (including phenoxy) is 2. The summed E-state index contributed by atoms with van der Waals surface area (Å²) in [6, 6.07) is 5.57. The number of nitrogens with one attached hydrogen (secondary N) is 1. The van der Waals surface area contributed by atoms with Crippen LogP contribution in [0.1, 0.15) is 19.4 Å². The molecule has 0 amide bonds. The smallest absolute Gasteiger partial charge is 0.131 e. The quantitative estimate of drug-likeness (QED) is 0.697. The number of aliphatic carboxylic acids is 1. The van der Waals surface area contributed by atoms with Crippen molar-refractivity contribution in [2.45, 2.75) is 20.4 Å². The van der Waals surface area contributed by atoms with E-state index in [0.29, 0.717) is 18.2 Å². The molecule has 0 aromatic heterocycles. The average molecular weight is 281 g/mol. The molecule has 1 unspecified atom stereocenters. The van der Waals surface area contributed by atoms with Gasteiger partial charge in [-0.2, -0.15) is 0 Å². The van der Waals surface area contributed by atoms with E-state index in [0.717, 1.165) is 22.8 Å². The summed E-state index contributed by atoms with van der Waals surface area (Å²) < 4.78 is 10.5. The van der Waals surface area contributed by atoms with Crippen LogP contribution < -0.4 is 19.5 Å². The lowest BCUT2D eigenvalue weighted by atomic mass is 10.1. The van der Waals surface area contributed by atoms with E-state index in [1.54, 1.807) is 20.3 Å². The Morgan fingerprint density at radius 2 is 2.00 bits per heavy atom. The van der Waals surface area contributed by atoms with Crippen LogP contribution >= 0.6 is 0 Å². The van der Waals surface area contributed by atoms with Crippen LogP contribution in [0, 0.1) is 5.92 Å². The number of carboxylic acids is 1. The number of quaternary nitrogens is 1. The second-order valence-corrected chi connectivity index (χ2v) is 5.25. The summed E-state index contributed by atoms with van der Waals surface area (Å²) in [7, 11) is 3.19. The van der Waals surface area contributed by atoms with Crippen LogP contribution in [0.2, 0.25) is 0 Å². The first-order valence-electron chi connectivity index (χ1n) is 6.70. The Bertz CT molecular complexity index is 445. The van der Waals surface area contributed by atoms with Crippen LogP contribution in [0.4, 0.5) is 0 Å². The summed E-state index contributed by atoms with van der Waals surface area (Å²) in [5.74, 6) is 0.807. The third-order valence-electron chi connectivity index (χ3n) is 3.03. The maximum atomic E-state index is 10.9. The third-order valence-corrected chi connectivity index (χ3v) is 3.03. The molecular weight excluding hydrogens is 258 g/mol. The van der Waals surface area contributed by atoms with E-state index in [4.69, 9.17) is 9.47 Å². The minimum absolute atomic E-state index is 0.00658. The molecule has 0 bridgehead atoms. The van der Waals surface area contributed by atoms with Gasteiger partial charge in [0.1, 0.15) is 24.6 Å². The first-order chi connectivity index (χ1) is 9.46. The van der Waals surface area contributed by atoms with Crippen molar-refractivity contribution in [2.24, 2.45) is 5.92 Å². The topological polar surface area (TPSA) is 63.0 Å². The van der Waals surface area contributed by atoms with Gasteiger partial charge in [-0.1, -0.05) is 13.8 Å². The minimum atomic E-state index is -1.03. The highest BCUT2D eigenvalue weighted by Gasteiger charge is 2.15. The molecule has 0 aliphatic heterocycles. The highest BCUT2D eigenvalue weighted by atomic mass is 16.5. The van der Waals surface area contributed by atoms with Crippen LogP contribution in [0.5, 0.6) is 11.5 Å². The first-order valence-corrected chi connectivity index (χ1v) is 6.70. The van der Waals surface area contributed by atoms with Gasteiger partial charge in [-0.25, -0.2) is 0 Å². The second-order valence-electron chi connectivity index (χ2n) is 5.25. The normalized spacial score (nSPS) is 12.2. The molecule has 1 aromatic carbocycles. The molecule has 20 heavy (non-hydrogen) atoms. The molecule has 0 saturated heterocycles. The summed E-state index contributed by atoms with van der Waals surface area (Å²) in [4.78, 5) is 11.8. The number of rotatable bonds is 8. The van der Waals surface area contributed by atoms with Crippen molar-refractivity contribution in [1.29, 1.82) is 0 Å². The Kier molecular flexibility index (Phi) is 6.31. The van der Waals surface area contributed by atoms with Crippen LogP contribution in [0.25, 0.3) is 0 Å².